The highest BCUT2D eigenvalue weighted by atomic mass is 14.1. The molecule has 2 bridgehead atoms. The molecule has 46 valence electrons. The minimum Gasteiger partial charge on any atom is -0.0772 e. The van der Waals surface area contributed by atoms with E-state index in [1.807, 2.05) is 0 Å². The van der Waals surface area contributed by atoms with Gasteiger partial charge in [-0.25, -0.2) is 0 Å². The molecule has 0 aromatic carbocycles. The molecule has 0 spiro atoms. The van der Waals surface area contributed by atoms with Gasteiger partial charge in [0.2, 0.25) is 0 Å². The Morgan fingerprint density at radius 3 is 3.00 bits per heavy atom. The van der Waals surface area contributed by atoms with Crippen LogP contribution in [-0.4, -0.2) is 0 Å². The van der Waals surface area contributed by atoms with Crippen LogP contribution in [0.5, 0.6) is 0 Å². The summed E-state index contributed by atoms with van der Waals surface area (Å²) >= 11 is 0. The fraction of sp³-hybridized carbons (Fsp3) is 0.333. The van der Waals surface area contributed by atoms with Crippen molar-refractivity contribution in [1.82, 2.24) is 0 Å². The van der Waals surface area contributed by atoms with Crippen molar-refractivity contribution in [1.29, 1.82) is 0 Å². The summed E-state index contributed by atoms with van der Waals surface area (Å²) in [5, 5.41) is 0. The molecule has 0 aromatic heterocycles. The van der Waals surface area contributed by atoms with Crippen molar-refractivity contribution in [2.24, 2.45) is 0 Å². The molecule has 0 fully saturated rings. The monoisotopic (exact) mass is 118 g/mol. The number of hydrogen-bond donors (Lipinski definition) is 0. The summed E-state index contributed by atoms with van der Waals surface area (Å²) in [5.74, 6) is 0. The van der Waals surface area contributed by atoms with Crippen LogP contribution in [0.2, 0.25) is 0 Å². The lowest BCUT2D eigenvalue weighted by atomic mass is 9.97. The van der Waals surface area contributed by atoms with Crippen LogP contribution >= 0.6 is 0 Å². The summed E-state index contributed by atoms with van der Waals surface area (Å²) in [4.78, 5) is 0. The van der Waals surface area contributed by atoms with Gasteiger partial charge in [-0.1, -0.05) is 35.5 Å². The highest BCUT2D eigenvalue weighted by molar-refractivity contribution is 5.34. The Morgan fingerprint density at radius 1 is 1.22 bits per heavy atom. The van der Waals surface area contributed by atoms with Crippen molar-refractivity contribution in [3.05, 3.63) is 35.5 Å². The molecule has 3 rings (SSSR count). The average Bonchev–Trinajstić information content (AvgIpc) is 2.21. The Labute approximate surface area is 55.6 Å². The summed E-state index contributed by atoms with van der Waals surface area (Å²) in [6.45, 7) is 0. The number of fused-ring (bicyclic) bond motifs is 3. The molecule has 0 saturated heterocycles. The molecule has 0 heteroatoms. The van der Waals surface area contributed by atoms with Gasteiger partial charge in [0, 0.05) is 0 Å². The third-order valence-electron chi connectivity index (χ3n) is 2.00. The van der Waals surface area contributed by atoms with Gasteiger partial charge in [-0.2, -0.15) is 0 Å². The van der Waals surface area contributed by atoms with Crippen molar-refractivity contribution in [3.63, 3.8) is 0 Å². The first kappa shape index (κ1) is 5.04. The first-order valence-corrected chi connectivity index (χ1v) is 3.50. The van der Waals surface area contributed by atoms with Crippen LogP contribution in [0.4, 0.5) is 0 Å². The van der Waals surface area contributed by atoms with E-state index in [9.17, 15) is 0 Å². The third kappa shape index (κ3) is 0.849. The largest absolute Gasteiger partial charge is 0.0772 e. The maximum absolute atomic E-state index is 2.33. The summed E-state index contributed by atoms with van der Waals surface area (Å²) in [6.07, 6.45) is 12.7. The van der Waals surface area contributed by atoms with E-state index in [1.54, 1.807) is 5.57 Å². The number of hydrogen-bond acceptors (Lipinski definition) is 0. The lowest BCUT2D eigenvalue weighted by Crippen LogP contribution is -1.89. The van der Waals surface area contributed by atoms with E-state index in [2.05, 4.69) is 24.3 Å². The maximum Gasteiger partial charge on any atom is -0.0130 e. The number of rotatable bonds is 0. The van der Waals surface area contributed by atoms with Gasteiger partial charge in [0.05, 0.1) is 0 Å². The highest BCUT2D eigenvalue weighted by Gasteiger charge is 2.06. The van der Waals surface area contributed by atoms with Crippen LogP contribution in [0.3, 0.4) is 0 Å². The molecule has 0 amide bonds. The number of allylic oxidation sites excluding steroid dienone is 6. The van der Waals surface area contributed by atoms with E-state index in [0.29, 0.717) is 0 Å². The lowest BCUT2D eigenvalue weighted by molar-refractivity contribution is 0.876. The highest BCUT2D eigenvalue weighted by Crippen LogP contribution is 2.26. The topological polar surface area (TPSA) is 0 Å². The van der Waals surface area contributed by atoms with Crippen molar-refractivity contribution < 1.29 is 0 Å². The van der Waals surface area contributed by atoms with E-state index < -0.39 is 0 Å². The second-order valence-corrected chi connectivity index (χ2v) is 2.67. The minimum absolute atomic E-state index is 1.20. The molecule has 0 atom stereocenters. The van der Waals surface area contributed by atoms with Crippen LogP contribution in [0.25, 0.3) is 0 Å². The molecule has 0 aliphatic heterocycles. The van der Waals surface area contributed by atoms with Crippen molar-refractivity contribution in [3.8, 4) is 0 Å². The predicted octanol–water partition coefficient (Wildman–Crippen LogP) is 2.59. The Hall–Kier alpha value is -0.780. The fourth-order valence-electron chi connectivity index (χ4n) is 1.38. The molecule has 0 N–H and O–H groups in total. The first-order valence-electron chi connectivity index (χ1n) is 3.50. The molecule has 0 nitrogen and oxygen atoms in total. The van der Waals surface area contributed by atoms with Gasteiger partial charge in [0.1, 0.15) is 0 Å². The molecule has 3 aliphatic carbocycles. The van der Waals surface area contributed by atoms with Gasteiger partial charge in [0.15, 0.2) is 0 Å². The Kier molecular flexibility index (Phi) is 1.05. The summed E-state index contributed by atoms with van der Waals surface area (Å²) in [6, 6.07) is 0. The Morgan fingerprint density at radius 2 is 2.22 bits per heavy atom. The molecule has 0 unspecified atom stereocenters. The van der Waals surface area contributed by atoms with Gasteiger partial charge >= 0.3 is 0 Å². The fourth-order valence-corrected chi connectivity index (χ4v) is 1.38. The predicted molar refractivity (Wildman–Crippen MR) is 39.2 cm³/mol. The van der Waals surface area contributed by atoms with Gasteiger partial charge in [0.25, 0.3) is 0 Å². The van der Waals surface area contributed by atoms with E-state index in [-0.39, 0.29) is 0 Å². The van der Waals surface area contributed by atoms with Gasteiger partial charge in [-0.05, 0) is 19.3 Å². The molecule has 0 saturated carbocycles. The Bertz CT molecular complexity index is 204. The van der Waals surface area contributed by atoms with Crippen LogP contribution in [0, 0.1) is 0 Å². The quantitative estimate of drug-likeness (QED) is 0.458. The summed E-state index contributed by atoms with van der Waals surface area (Å²) in [7, 11) is 0. The zero-order valence-corrected chi connectivity index (χ0v) is 5.43. The van der Waals surface area contributed by atoms with Crippen molar-refractivity contribution in [2.75, 3.05) is 0 Å². The van der Waals surface area contributed by atoms with Gasteiger partial charge < -0.3 is 0 Å². The summed E-state index contributed by atoms with van der Waals surface area (Å²) in [5.41, 5.74) is 3.11. The normalized spacial score (nSPS) is 23.1. The second kappa shape index (κ2) is 1.87. The van der Waals surface area contributed by atoms with E-state index >= 15 is 0 Å². The van der Waals surface area contributed by atoms with E-state index in [1.165, 1.54) is 24.8 Å². The van der Waals surface area contributed by atoms with E-state index in [0.717, 1.165) is 0 Å². The zero-order valence-electron chi connectivity index (χ0n) is 5.43. The molecule has 0 radical (unpaired) electrons. The van der Waals surface area contributed by atoms with Gasteiger partial charge in [-0.15, -0.1) is 0 Å². The van der Waals surface area contributed by atoms with Gasteiger partial charge in [-0.3, -0.25) is 0 Å². The molecule has 0 heterocycles. The molecular formula is C9H10. The second-order valence-electron chi connectivity index (χ2n) is 2.67. The standard InChI is InChI=1S/C9H10/c1-2-8-4-6-9(3-1)7-5-8/h1-4H,5-7H2. The molecular weight excluding hydrogens is 108 g/mol. The zero-order chi connectivity index (χ0) is 6.10. The summed E-state index contributed by atoms with van der Waals surface area (Å²) < 4.78 is 0. The van der Waals surface area contributed by atoms with E-state index in [4.69, 9.17) is 0 Å². The maximum atomic E-state index is 2.33. The van der Waals surface area contributed by atoms with Crippen LogP contribution in [0.1, 0.15) is 19.3 Å². The molecule has 9 heavy (non-hydrogen) atoms. The average molecular weight is 118 g/mol. The SMILES string of the molecule is C1=CC2=CCC(=C1)CC2. The van der Waals surface area contributed by atoms with Crippen LogP contribution in [0.15, 0.2) is 35.5 Å². The smallest absolute Gasteiger partial charge is 0.0130 e. The molecule has 3 aliphatic rings. The first-order chi connectivity index (χ1) is 4.45. The minimum atomic E-state index is 1.20. The Balaban J connectivity index is 2.43. The van der Waals surface area contributed by atoms with Crippen LogP contribution < -0.4 is 0 Å². The van der Waals surface area contributed by atoms with Crippen molar-refractivity contribution >= 4 is 0 Å². The van der Waals surface area contributed by atoms with Crippen LogP contribution in [-0.2, 0) is 0 Å². The van der Waals surface area contributed by atoms with Crippen molar-refractivity contribution in [2.45, 2.75) is 19.3 Å². The third-order valence-corrected chi connectivity index (χ3v) is 2.00. The molecule has 0 aromatic rings. The lowest BCUT2D eigenvalue weighted by Gasteiger charge is -2.08.